The fraction of sp³-hybridized carbons (Fsp3) is 0.778. The van der Waals surface area contributed by atoms with Gasteiger partial charge in [-0.3, -0.25) is 4.79 Å². The zero-order chi connectivity index (χ0) is 12.3. The predicted octanol–water partition coefficient (Wildman–Crippen LogP) is 1.31. The van der Waals surface area contributed by atoms with Crippen molar-refractivity contribution in [3.05, 3.63) is 0 Å². The van der Waals surface area contributed by atoms with Crippen LogP contribution in [-0.4, -0.2) is 29.2 Å². The minimum absolute atomic E-state index is 0.399. The fourth-order valence-corrected chi connectivity index (χ4v) is 1.90. The van der Waals surface area contributed by atoms with E-state index in [1.54, 1.807) is 0 Å². The minimum atomic E-state index is -5.04. The molecular weight excluding hydrogens is 227 g/mol. The molecule has 0 radical (unpaired) electrons. The Morgan fingerprint density at radius 2 is 1.75 bits per heavy atom. The Labute approximate surface area is 89.8 Å². The first-order valence-corrected chi connectivity index (χ1v) is 4.93. The summed E-state index contributed by atoms with van der Waals surface area (Å²) in [5, 5.41) is 10.3. The largest absolute Gasteiger partial charge is 0.480 e. The molecule has 0 saturated heterocycles. The maximum absolute atomic E-state index is 12.0. The number of carbonyl (C=O) groups excluding carboxylic acids is 1. The van der Waals surface area contributed by atoms with Crippen molar-refractivity contribution in [2.45, 2.75) is 37.9 Å². The van der Waals surface area contributed by atoms with Gasteiger partial charge < -0.3 is 10.4 Å². The third-order valence-corrected chi connectivity index (χ3v) is 2.68. The molecule has 0 spiro atoms. The molecule has 1 fully saturated rings. The number of hydrogen-bond donors (Lipinski definition) is 2. The van der Waals surface area contributed by atoms with Crippen molar-refractivity contribution in [3.63, 3.8) is 0 Å². The molecular formula is C9H12F3NO3. The molecule has 1 amide bonds. The van der Waals surface area contributed by atoms with E-state index in [2.05, 4.69) is 0 Å². The van der Waals surface area contributed by atoms with Crippen LogP contribution in [0.15, 0.2) is 0 Å². The SMILES string of the molecule is O=C(O)C(NC(=O)C(F)(F)F)C1CCCC1. The summed E-state index contributed by atoms with van der Waals surface area (Å²) in [6.45, 7) is 0. The van der Waals surface area contributed by atoms with Crippen molar-refractivity contribution in [1.82, 2.24) is 5.32 Å². The van der Waals surface area contributed by atoms with E-state index in [9.17, 15) is 22.8 Å². The molecule has 0 aliphatic heterocycles. The van der Waals surface area contributed by atoms with Crippen LogP contribution in [0.1, 0.15) is 25.7 Å². The summed E-state index contributed by atoms with van der Waals surface area (Å²) in [5.41, 5.74) is 0. The lowest BCUT2D eigenvalue weighted by atomic mass is 9.98. The summed E-state index contributed by atoms with van der Waals surface area (Å²) in [5.74, 6) is -4.00. The Balaban J connectivity index is 2.65. The molecule has 2 N–H and O–H groups in total. The molecule has 4 nitrogen and oxygen atoms in total. The Hall–Kier alpha value is -1.27. The first kappa shape index (κ1) is 12.8. The van der Waals surface area contributed by atoms with Crippen LogP contribution >= 0.6 is 0 Å². The van der Waals surface area contributed by atoms with Gasteiger partial charge in [0.05, 0.1) is 0 Å². The molecule has 1 aliphatic carbocycles. The molecule has 0 aromatic rings. The van der Waals surface area contributed by atoms with E-state index in [0.717, 1.165) is 12.8 Å². The Bertz CT molecular complexity index is 284. The smallest absolute Gasteiger partial charge is 0.471 e. The zero-order valence-corrected chi connectivity index (χ0v) is 8.38. The zero-order valence-electron chi connectivity index (χ0n) is 8.38. The van der Waals surface area contributed by atoms with Gasteiger partial charge in [-0.15, -0.1) is 0 Å². The van der Waals surface area contributed by atoms with Gasteiger partial charge in [0, 0.05) is 0 Å². The molecule has 92 valence electrons. The minimum Gasteiger partial charge on any atom is -0.480 e. The Morgan fingerprint density at radius 1 is 1.25 bits per heavy atom. The van der Waals surface area contributed by atoms with Gasteiger partial charge in [-0.25, -0.2) is 4.79 Å². The number of carboxylic acids is 1. The van der Waals surface area contributed by atoms with E-state index < -0.39 is 30.0 Å². The molecule has 1 atom stereocenters. The first-order valence-electron chi connectivity index (χ1n) is 4.93. The lowest BCUT2D eigenvalue weighted by molar-refractivity contribution is -0.176. The van der Waals surface area contributed by atoms with Crippen LogP contribution in [0.3, 0.4) is 0 Å². The predicted molar refractivity (Wildman–Crippen MR) is 47.6 cm³/mol. The highest BCUT2D eigenvalue weighted by atomic mass is 19.4. The maximum atomic E-state index is 12.0. The van der Waals surface area contributed by atoms with Crippen molar-refractivity contribution in [2.75, 3.05) is 0 Å². The number of rotatable bonds is 3. The molecule has 0 bridgehead atoms. The van der Waals surface area contributed by atoms with E-state index in [0.29, 0.717) is 12.8 Å². The number of halogens is 3. The van der Waals surface area contributed by atoms with E-state index >= 15 is 0 Å². The van der Waals surface area contributed by atoms with Crippen molar-refractivity contribution in [1.29, 1.82) is 0 Å². The second-order valence-electron chi connectivity index (χ2n) is 3.83. The van der Waals surface area contributed by atoms with Gasteiger partial charge in [0.25, 0.3) is 0 Å². The van der Waals surface area contributed by atoms with Crippen LogP contribution in [-0.2, 0) is 9.59 Å². The molecule has 1 unspecified atom stereocenters. The summed E-state index contributed by atoms with van der Waals surface area (Å²) in [4.78, 5) is 21.4. The number of carboxylic acid groups (broad SMARTS) is 1. The lowest BCUT2D eigenvalue weighted by Crippen LogP contribution is -2.49. The Kier molecular flexibility index (Phi) is 3.77. The fourth-order valence-electron chi connectivity index (χ4n) is 1.90. The second kappa shape index (κ2) is 4.71. The van der Waals surface area contributed by atoms with Crippen molar-refractivity contribution in [3.8, 4) is 0 Å². The van der Waals surface area contributed by atoms with Gasteiger partial charge in [-0.1, -0.05) is 12.8 Å². The highest BCUT2D eigenvalue weighted by molar-refractivity contribution is 5.87. The van der Waals surface area contributed by atoms with E-state index in [1.165, 1.54) is 5.32 Å². The molecule has 0 aromatic carbocycles. The van der Waals surface area contributed by atoms with Gasteiger partial charge in [0.2, 0.25) is 0 Å². The molecule has 0 aromatic heterocycles. The maximum Gasteiger partial charge on any atom is 0.471 e. The molecule has 0 heterocycles. The summed E-state index contributed by atoms with van der Waals surface area (Å²) in [7, 11) is 0. The van der Waals surface area contributed by atoms with Crippen LogP contribution in [0.2, 0.25) is 0 Å². The highest BCUT2D eigenvalue weighted by Gasteiger charge is 2.42. The second-order valence-corrected chi connectivity index (χ2v) is 3.83. The summed E-state index contributed by atoms with van der Waals surface area (Å²) in [6, 6.07) is -1.43. The molecule has 1 rings (SSSR count). The first-order chi connectivity index (χ1) is 7.32. The highest BCUT2D eigenvalue weighted by Crippen LogP contribution is 2.28. The van der Waals surface area contributed by atoms with Gasteiger partial charge in [0.1, 0.15) is 6.04 Å². The van der Waals surface area contributed by atoms with Crippen LogP contribution in [0.4, 0.5) is 13.2 Å². The summed E-state index contributed by atoms with van der Waals surface area (Å²) < 4.78 is 35.9. The van der Waals surface area contributed by atoms with Crippen LogP contribution in [0.5, 0.6) is 0 Å². The standard InChI is InChI=1S/C9H12F3NO3/c10-9(11,12)8(16)13-6(7(14)15)5-3-1-2-4-5/h5-6H,1-4H2,(H,13,16)(H,14,15). The van der Waals surface area contributed by atoms with Gasteiger partial charge in [-0.05, 0) is 18.8 Å². The molecule has 1 saturated carbocycles. The van der Waals surface area contributed by atoms with Crippen molar-refractivity contribution in [2.24, 2.45) is 5.92 Å². The van der Waals surface area contributed by atoms with E-state index in [-0.39, 0.29) is 0 Å². The third-order valence-electron chi connectivity index (χ3n) is 2.68. The van der Waals surface area contributed by atoms with Crippen LogP contribution in [0.25, 0.3) is 0 Å². The van der Waals surface area contributed by atoms with Crippen LogP contribution < -0.4 is 5.32 Å². The summed E-state index contributed by atoms with van der Waals surface area (Å²) in [6.07, 6.45) is -2.39. The van der Waals surface area contributed by atoms with Gasteiger partial charge in [-0.2, -0.15) is 13.2 Å². The van der Waals surface area contributed by atoms with Gasteiger partial charge >= 0.3 is 18.1 Å². The molecule has 7 heteroatoms. The quantitative estimate of drug-likeness (QED) is 0.780. The molecule has 1 aliphatic rings. The summed E-state index contributed by atoms with van der Waals surface area (Å²) >= 11 is 0. The number of amides is 1. The average Bonchev–Trinajstić information content (AvgIpc) is 2.63. The number of nitrogens with one attached hydrogen (secondary N) is 1. The number of hydrogen-bond acceptors (Lipinski definition) is 2. The normalized spacial score (nSPS) is 19.4. The third kappa shape index (κ3) is 3.11. The van der Waals surface area contributed by atoms with E-state index in [1.807, 2.05) is 0 Å². The monoisotopic (exact) mass is 239 g/mol. The van der Waals surface area contributed by atoms with E-state index in [4.69, 9.17) is 5.11 Å². The Morgan fingerprint density at radius 3 is 2.12 bits per heavy atom. The van der Waals surface area contributed by atoms with Crippen molar-refractivity contribution < 1.29 is 27.9 Å². The number of alkyl halides is 3. The lowest BCUT2D eigenvalue weighted by Gasteiger charge is -2.21. The van der Waals surface area contributed by atoms with Gasteiger partial charge in [0.15, 0.2) is 0 Å². The molecule has 16 heavy (non-hydrogen) atoms. The van der Waals surface area contributed by atoms with Crippen LogP contribution in [0, 0.1) is 5.92 Å². The topological polar surface area (TPSA) is 66.4 Å². The average molecular weight is 239 g/mol. The van der Waals surface area contributed by atoms with Crippen molar-refractivity contribution >= 4 is 11.9 Å². The number of carbonyl (C=O) groups is 2. The number of aliphatic carboxylic acids is 1.